The zero-order valence-corrected chi connectivity index (χ0v) is 13.4. The maximum Gasteiger partial charge on any atom is 0.490 e. The van der Waals surface area contributed by atoms with Crippen molar-refractivity contribution in [1.29, 1.82) is 0 Å². The summed E-state index contributed by atoms with van der Waals surface area (Å²) >= 11 is 0. The van der Waals surface area contributed by atoms with Gasteiger partial charge < -0.3 is 19.7 Å². The van der Waals surface area contributed by atoms with Gasteiger partial charge in [0.05, 0.1) is 24.6 Å². The first-order valence-corrected chi connectivity index (χ1v) is 8.22. The standard InChI is InChI=1S/C16H18F3N3O3/c17-16(18,19)14(23)25-15-4-10(15)7-22(9-15)12-3-13(6-20-5-12)24-8-11-1-2-21-11/h3,5-6,10-11,21H,1-2,4,7-9H2/t10?,11-,15?/m0/s1. The van der Waals surface area contributed by atoms with Gasteiger partial charge in [0, 0.05) is 24.6 Å². The molecule has 2 saturated heterocycles. The molecule has 1 aromatic rings. The van der Waals surface area contributed by atoms with E-state index in [1.165, 1.54) is 0 Å². The molecule has 3 heterocycles. The zero-order valence-electron chi connectivity index (χ0n) is 13.4. The molecule has 0 radical (unpaired) electrons. The lowest BCUT2D eigenvalue weighted by atomic mass is 10.1. The monoisotopic (exact) mass is 357 g/mol. The van der Waals surface area contributed by atoms with E-state index in [1.54, 1.807) is 12.4 Å². The van der Waals surface area contributed by atoms with Crippen LogP contribution in [0.1, 0.15) is 12.8 Å². The van der Waals surface area contributed by atoms with Crippen molar-refractivity contribution in [3.8, 4) is 5.75 Å². The molecule has 1 aromatic heterocycles. The van der Waals surface area contributed by atoms with Crippen LogP contribution < -0.4 is 15.0 Å². The fourth-order valence-corrected chi connectivity index (χ4v) is 3.38. The molecule has 25 heavy (non-hydrogen) atoms. The minimum Gasteiger partial charge on any atom is -0.490 e. The largest absolute Gasteiger partial charge is 0.490 e. The molecule has 0 spiro atoms. The Kier molecular flexibility index (Phi) is 3.78. The number of anilines is 1. The topological polar surface area (TPSA) is 63.7 Å². The lowest BCUT2D eigenvalue weighted by Crippen LogP contribution is -2.46. The average Bonchev–Trinajstić information content (AvgIpc) is 3.05. The number of esters is 1. The zero-order chi connectivity index (χ0) is 17.7. The van der Waals surface area contributed by atoms with Gasteiger partial charge in [-0.2, -0.15) is 13.2 Å². The number of nitrogens with zero attached hydrogens (tertiary/aromatic N) is 2. The molecule has 2 aliphatic heterocycles. The second-order valence-electron chi connectivity index (χ2n) is 6.86. The van der Waals surface area contributed by atoms with Crippen LogP contribution in [-0.4, -0.2) is 55.0 Å². The summed E-state index contributed by atoms with van der Waals surface area (Å²) in [5.41, 5.74) is -0.257. The van der Waals surface area contributed by atoms with Gasteiger partial charge >= 0.3 is 12.1 Å². The number of piperidine rings is 1. The SMILES string of the molecule is O=C(OC12CC1CN(c1cncc(OC[C@@H]3CCN3)c1)C2)C(F)(F)F. The number of ether oxygens (including phenoxy) is 2. The number of hydrogen-bond donors (Lipinski definition) is 1. The van der Waals surface area contributed by atoms with Gasteiger partial charge in [0.15, 0.2) is 0 Å². The summed E-state index contributed by atoms with van der Waals surface area (Å²) in [4.78, 5) is 17.2. The molecule has 3 aliphatic rings. The Hall–Kier alpha value is -2.03. The van der Waals surface area contributed by atoms with Gasteiger partial charge in [0.2, 0.25) is 0 Å². The first-order valence-electron chi connectivity index (χ1n) is 8.22. The van der Waals surface area contributed by atoms with Crippen LogP contribution in [0.15, 0.2) is 18.5 Å². The number of pyridine rings is 1. The van der Waals surface area contributed by atoms with E-state index in [9.17, 15) is 18.0 Å². The van der Waals surface area contributed by atoms with E-state index >= 15 is 0 Å². The van der Waals surface area contributed by atoms with Crippen molar-refractivity contribution in [2.45, 2.75) is 30.7 Å². The maximum atomic E-state index is 12.4. The molecule has 2 unspecified atom stereocenters. The van der Waals surface area contributed by atoms with Crippen molar-refractivity contribution in [3.63, 3.8) is 0 Å². The van der Waals surface area contributed by atoms with E-state index in [2.05, 4.69) is 10.3 Å². The minimum atomic E-state index is -4.96. The Morgan fingerprint density at radius 1 is 1.44 bits per heavy atom. The quantitative estimate of drug-likeness (QED) is 0.806. The molecule has 9 heteroatoms. The molecule has 1 N–H and O–H groups in total. The summed E-state index contributed by atoms with van der Waals surface area (Å²) < 4.78 is 47.7. The lowest BCUT2D eigenvalue weighted by molar-refractivity contribution is -0.206. The highest BCUT2D eigenvalue weighted by Crippen LogP contribution is 2.54. The normalized spacial score (nSPS) is 30.4. The average molecular weight is 357 g/mol. The van der Waals surface area contributed by atoms with Gasteiger partial charge in [0.1, 0.15) is 18.0 Å². The number of hydrogen-bond acceptors (Lipinski definition) is 6. The third-order valence-electron chi connectivity index (χ3n) is 5.04. The van der Waals surface area contributed by atoms with Crippen molar-refractivity contribution in [3.05, 3.63) is 18.5 Å². The molecule has 6 nitrogen and oxygen atoms in total. The van der Waals surface area contributed by atoms with Crippen LogP contribution in [0.4, 0.5) is 18.9 Å². The maximum absolute atomic E-state index is 12.4. The Balaban J connectivity index is 1.38. The van der Waals surface area contributed by atoms with E-state index in [1.807, 2.05) is 11.0 Å². The van der Waals surface area contributed by atoms with Crippen molar-refractivity contribution >= 4 is 11.7 Å². The number of nitrogens with one attached hydrogen (secondary N) is 1. The van der Waals surface area contributed by atoms with Crippen LogP contribution in [0.2, 0.25) is 0 Å². The Bertz CT molecular complexity index is 680. The number of aromatic nitrogens is 1. The van der Waals surface area contributed by atoms with E-state index < -0.39 is 17.7 Å². The number of carbonyl (C=O) groups excluding carboxylic acids is 1. The fourth-order valence-electron chi connectivity index (χ4n) is 3.38. The molecule has 3 fully saturated rings. The van der Waals surface area contributed by atoms with E-state index in [0.717, 1.165) is 18.7 Å². The lowest BCUT2D eigenvalue weighted by Gasteiger charge is -2.27. The number of halogens is 3. The number of rotatable bonds is 5. The van der Waals surface area contributed by atoms with Crippen molar-refractivity contribution < 1.29 is 27.4 Å². The summed E-state index contributed by atoms with van der Waals surface area (Å²) in [6, 6.07) is 2.17. The predicted molar refractivity (Wildman–Crippen MR) is 81.3 cm³/mol. The summed E-state index contributed by atoms with van der Waals surface area (Å²) in [5.74, 6) is -1.56. The van der Waals surface area contributed by atoms with Crippen LogP contribution in [0, 0.1) is 5.92 Å². The van der Waals surface area contributed by atoms with Crippen LogP contribution in [0.5, 0.6) is 5.75 Å². The van der Waals surface area contributed by atoms with Crippen molar-refractivity contribution in [2.75, 3.05) is 31.1 Å². The highest BCUT2D eigenvalue weighted by molar-refractivity contribution is 5.76. The Labute approximate surface area is 142 Å². The molecule has 1 aliphatic carbocycles. The van der Waals surface area contributed by atoms with E-state index in [-0.39, 0.29) is 12.5 Å². The second-order valence-corrected chi connectivity index (χ2v) is 6.86. The van der Waals surface area contributed by atoms with Crippen LogP contribution in [-0.2, 0) is 9.53 Å². The summed E-state index contributed by atoms with van der Waals surface area (Å²) in [6.07, 6.45) is -0.159. The molecule has 0 aromatic carbocycles. The summed E-state index contributed by atoms with van der Waals surface area (Å²) in [7, 11) is 0. The highest BCUT2D eigenvalue weighted by atomic mass is 19.4. The molecule has 0 bridgehead atoms. The summed E-state index contributed by atoms with van der Waals surface area (Å²) in [5, 5.41) is 3.24. The summed E-state index contributed by atoms with van der Waals surface area (Å²) in [6.45, 7) is 2.34. The van der Waals surface area contributed by atoms with Crippen LogP contribution >= 0.6 is 0 Å². The highest BCUT2D eigenvalue weighted by Gasteiger charge is 2.65. The third kappa shape index (κ3) is 3.24. The van der Waals surface area contributed by atoms with Gasteiger partial charge in [-0.1, -0.05) is 0 Å². The number of alkyl halides is 3. The van der Waals surface area contributed by atoms with Crippen LogP contribution in [0.3, 0.4) is 0 Å². The van der Waals surface area contributed by atoms with Gasteiger partial charge in [-0.25, -0.2) is 4.79 Å². The van der Waals surface area contributed by atoms with E-state index in [0.29, 0.717) is 31.4 Å². The fraction of sp³-hybridized carbons (Fsp3) is 0.625. The van der Waals surface area contributed by atoms with Crippen molar-refractivity contribution in [1.82, 2.24) is 10.3 Å². The Morgan fingerprint density at radius 2 is 2.24 bits per heavy atom. The van der Waals surface area contributed by atoms with Crippen LogP contribution in [0.25, 0.3) is 0 Å². The van der Waals surface area contributed by atoms with Gasteiger partial charge in [-0.3, -0.25) is 4.98 Å². The van der Waals surface area contributed by atoms with E-state index in [4.69, 9.17) is 9.47 Å². The number of fused-ring (bicyclic) bond motifs is 1. The molecular weight excluding hydrogens is 339 g/mol. The smallest absolute Gasteiger partial charge is 0.490 e. The Morgan fingerprint density at radius 3 is 2.92 bits per heavy atom. The van der Waals surface area contributed by atoms with Gasteiger partial charge in [-0.15, -0.1) is 0 Å². The van der Waals surface area contributed by atoms with Gasteiger partial charge in [-0.05, 0) is 19.4 Å². The molecule has 4 rings (SSSR count). The first kappa shape index (κ1) is 16.4. The second kappa shape index (κ2) is 5.76. The minimum absolute atomic E-state index is 0.0671. The molecule has 0 amide bonds. The third-order valence-corrected chi connectivity index (χ3v) is 5.04. The molecular formula is C16H18F3N3O3. The first-order chi connectivity index (χ1) is 11.9. The molecule has 1 saturated carbocycles. The van der Waals surface area contributed by atoms with Crippen molar-refractivity contribution in [2.24, 2.45) is 5.92 Å². The molecule has 3 atom stereocenters. The van der Waals surface area contributed by atoms with Gasteiger partial charge in [0.25, 0.3) is 0 Å². The number of carbonyl (C=O) groups is 1. The predicted octanol–water partition coefficient (Wildman–Crippen LogP) is 1.51. The molecule has 136 valence electrons.